The van der Waals surface area contributed by atoms with Crippen LogP contribution in [0.15, 0.2) is 24.3 Å². The zero-order valence-electron chi connectivity index (χ0n) is 12.4. The largest absolute Gasteiger partial charge is 0.389 e. The molecule has 1 aliphatic heterocycles. The highest BCUT2D eigenvalue weighted by Crippen LogP contribution is 2.15. The number of nitrogens with zero attached hydrogens (tertiary/aromatic N) is 1. The minimum absolute atomic E-state index is 0.219. The first kappa shape index (κ1) is 15.3. The highest BCUT2D eigenvalue weighted by Gasteiger charge is 2.16. The number of aliphatic hydroxyl groups is 1. The Hall–Kier alpha value is -1.10. The summed E-state index contributed by atoms with van der Waals surface area (Å²) in [4.78, 5) is 2.05. The Bertz CT molecular complexity index is 404. The van der Waals surface area contributed by atoms with Crippen LogP contribution in [0.4, 0.5) is 5.69 Å². The molecule has 4 heteroatoms. The predicted octanol–water partition coefficient (Wildman–Crippen LogP) is 1.99. The molecule has 2 rings (SSSR count). The number of likely N-dealkylation sites (N-methyl/N-ethyl adjacent to an activating group) is 1. The molecule has 0 bridgehead atoms. The van der Waals surface area contributed by atoms with E-state index < -0.39 is 6.10 Å². The van der Waals surface area contributed by atoms with Crippen molar-refractivity contribution in [1.82, 2.24) is 0 Å². The van der Waals surface area contributed by atoms with Crippen molar-refractivity contribution in [1.29, 1.82) is 0 Å². The van der Waals surface area contributed by atoms with Gasteiger partial charge in [0.15, 0.2) is 0 Å². The fourth-order valence-corrected chi connectivity index (χ4v) is 2.45. The summed E-state index contributed by atoms with van der Waals surface area (Å²) in [5, 5.41) is 10.0. The van der Waals surface area contributed by atoms with Gasteiger partial charge in [0.05, 0.1) is 25.4 Å². The molecule has 0 saturated carbocycles. The van der Waals surface area contributed by atoms with Crippen LogP contribution in [-0.2, 0) is 9.47 Å². The van der Waals surface area contributed by atoms with E-state index >= 15 is 0 Å². The molecule has 1 heterocycles. The quantitative estimate of drug-likeness (QED) is 0.829. The third-order valence-corrected chi connectivity index (χ3v) is 3.57. The molecular weight excluding hydrogens is 254 g/mol. The molecule has 0 amide bonds. The maximum atomic E-state index is 10.0. The van der Waals surface area contributed by atoms with Gasteiger partial charge in [0, 0.05) is 25.9 Å². The van der Waals surface area contributed by atoms with Gasteiger partial charge in [0.1, 0.15) is 0 Å². The van der Waals surface area contributed by atoms with Crippen molar-refractivity contribution < 1.29 is 14.6 Å². The van der Waals surface area contributed by atoms with Gasteiger partial charge in [0.25, 0.3) is 0 Å². The molecule has 2 atom stereocenters. The summed E-state index contributed by atoms with van der Waals surface area (Å²) in [5.41, 5.74) is 2.33. The number of hydrogen-bond acceptors (Lipinski definition) is 4. The standard InChI is InChI=1S/C16H25NO3/c1-13-5-3-6-14(9-13)17(2)10-15(18)11-19-12-16-7-4-8-20-16/h3,5-6,9,15-16,18H,4,7-8,10-12H2,1-2H3. The third kappa shape index (κ3) is 4.78. The van der Waals surface area contributed by atoms with Crippen LogP contribution in [-0.4, -0.2) is 50.7 Å². The van der Waals surface area contributed by atoms with Crippen molar-refractivity contribution >= 4 is 5.69 Å². The first-order valence-corrected chi connectivity index (χ1v) is 7.30. The Morgan fingerprint density at radius 2 is 2.35 bits per heavy atom. The van der Waals surface area contributed by atoms with E-state index in [4.69, 9.17) is 9.47 Å². The average molecular weight is 279 g/mol. The summed E-state index contributed by atoms with van der Waals surface area (Å²) in [5.74, 6) is 0. The van der Waals surface area contributed by atoms with Crippen LogP contribution < -0.4 is 4.90 Å². The number of hydrogen-bond donors (Lipinski definition) is 1. The lowest BCUT2D eigenvalue weighted by molar-refractivity contribution is -0.0147. The maximum Gasteiger partial charge on any atom is 0.0947 e. The number of rotatable bonds is 7. The van der Waals surface area contributed by atoms with E-state index in [2.05, 4.69) is 19.1 Å². The molecule has 0 radical (unpaired) electrons. The molecule has 1 saturated heterocycles. The summed E-state index contributed by atoms with van der Waals surface area (Å²) >= 11 is 0. The molecule has 1 aromatic rings. The topological polar surface area (TPSA) is 41.9 Å². The second kappa shape index (κ2) is 7.62. The zero-order chi connectivity index (χ0) is 14.4. The van der Waals surface area contributed by atoms with Gasteiger partial charge < -0.3 is 19.5 Å². The smallest absolute Gasteiger partial charge is 0.0947 e. The number of aliphatic hydroxyl groups excluding tert-OH is 1. The molecule has 0 spiro atoms. The summed E-state index contributed by atoms with van der Waals surface area (Å²) in [7, 11) is 1.98. The summed E-state index contributed by atoms with van der Waals surface area (Å²) < 4.78 is 11.0. The number of ether oxygens (including phenoxy) is 2. The molecule has 1 N–H and O–H groups in total. The van der Waals surface area contributed by atoms with Crippen molar-refractivity contribution in [3.05, 3.63) is 29.8 Å². The van der Waals surface area contributed by atoms with Crippen molar-refractivity contribution in [3.63, 3.8) is 0 Å². The van der Waals surface area contributed by atoms with Gasteiger partial charge in [-0.15, -0.1) is 0 Å². The second-order valence-corrected chi connectivity index (χ2v) is 5.55. The molecule has 0 aromatic heterocycles. The average Bonchev–Trinajstić information content (AvgIpc) is 2.92. The highest BCUT2D eigenvalue weighted by molar-refractivity contribution is 5.47. The molecule has 1 aliphatic rings. The van der Waals surface area contributed by atoms with Gasteiger partial charge in [-0.05, 0) is 37.5 Å². The van der Waals surface area contributed by atoms with Gasteiger partial charge >= 0.3 is 0 Å². The summed E-state index contributed by atoms with van der Waals surface area (Å²) in [6.07, 6.45) is 1.92. The molecular formula is C16H25NO3. The van der Waals surface area contributed by atoms with Crippen LogP contribution in [0.5, 0.6) is 0 Å². The van der Waals surface area contributed by atoms with Crippen molar-refractivity contribution in [2.45, 2.75) is 32.0 Å². The van der Waals surface area contributed by atoms with Crippen molar-refractivity contribution in [2.75, 3.05) is 38.3 Å². The van der Waals surface area contributed by atoms with Gasteiger partial charge in [-0.2, -0.15) is 0 Å². The predicted molar refractivity (Wildman–Crippen MR) is 80.2 cm³/mol. The number of anilines is 1. The second-order valence-electron chi connectivity index (χ2n) is 5.55. The van der Waals surface area contributed by atoms with Crippen LogP contribution in [0.25, 0.3) is 0 Å². The van der Waals surface area contributed by atoms with E-state index in [9.17, 15) is 5.11 Å². The van der Waals surface area contributed by atoms with E-state index in [1.54, 1.807) is 0 Å². The van der Waals surface area contributed by atoms with Gasteiger partial charge in [-0.1, -0.05) is 12.1 Å². The monoisotopic (exact) mass is 279 g/mol. The lowest BCUT2D eigenvalue weighted by atomic mass is 10.2. The van der Waals surface area contributed by atoms with E-state index in [-0.39, 0.29) is 6.10 Å². The summed E-state index contributed by atoms with van der Waals surface area (Å²) in [6.45, 7) is 4.42. The van der Waals surface area contributed by atoms with Crippen LogP contribution in [0.2, 0.25) is 0 Å². The van der Waals surface area contributed by atoms with Crippen LogP contribution in [0, 0.1) is 6.92 Å². The molecule has 0 aliphatic carbocycles. The van der Waals surface area contributed by atoms with Crippen molar-refractivity contribution in [3.8, 4) is 0 Å². The van der Waals surface area contributed by atoms with Crippen LogP contribution in [0.3, 0.4) is 0 Å². The maximum absolute atomic E-state index is 10.0. The fourth-order valence-electron chi connectivity index (χ4n) is 2.45. The van der Waals surface area contributed by atoms with E-state index in [1.807, 2.05) is 24.1 Å². The van der Waals surface area contributed by atoms with Gasteiger partial charge in [-0.3, -0.25) is 0 Å². The lowest BCUT2D eigenvalue weighted by Gasteiger charge is -2.23. The van der Waals surface area contributed by atoms with Gasteiger partial charge in [-0.25, -0.2) is 0 Å². The summed E-state index contributed by atoms with van der Waals surface area (Å²) in [6, 6.07) is 8.26. The minimum Gasteiger partial charge on any atom is -0.389 e. The van der Waals surface area contributed by atoms with Gasteiger partial charge in [0.2, 0.25) is 0 Å². The Labute approximate surface area is 121 Å². The normalized spacial score (nSPS) is 20.1. The Morgan fingerprint density at radius 3 is 3.05 bits per heavy atom. The van der Waals surface area contributed by atoms with E-state index in [0.29, 0.717) is 19.8 Å². The molecule has 1 aromatic carbocycles. The molecule has 20 heavy (non-hydrogen) atoms. The van der Waals surface area contributed by atoms with E-state index in [0.717, 1.165) is 25.1 Å². The number of benzene rings is 1. The lowest BCUT2D eigenvalue weighted by Crippen LogP contribution is -2.33. The van der Waals surface area contributed by atoms with Crippen LogP contribution >= 0.6 is 0 Å². The zero-order valence-corrected chi connectivity index (χ0v) is 12.4. The first-order chi connectivity index (χ1) is 9.65. The Balaban J connectivity index is 1.69. The highest BCUT2D eigenvalue weighted by atomic mass is 16.5. The first-order valence-electron chi connectivity index (χ1n) is 7.30. The SMILES string of the molecule is Cc1cccc(N(C)CC(O)COCC2CCCO2)c1. The number of aryl methyl sites for hydroxylation is 1. The van der Waals surface area contributed by atoms with Crippen LogP contribution in [0.1, 0.15) is 18.4 Å². The fraction of sp³-hybridized carbons (Fsp3) is 0.625. The molecule has 4 nitrogen and oxygen atoms in total. The Kier molecular flexibility index (Phi) is 5.83. The molecule has 2 unspecified atom stereocenters. The van der Waals surface area contributed by atoms with Crippen molar-refractivity contribution in [2.24, 2.45) is 0 Å². The Morgan fingerprint density at radius 1 is 1.50 bits per heavy atom. The molecule has 1 fully saturated rings. The molecule has 112 valence electrons. The third-order valence-electron chi connectivity index (χ3n) is 3.57. The minimum atomic E-state index is -0.484. The van der Waals surface area contributed by atoms with E-state index in [1.165, 1.54) is 5.56 Å².